The van der Waals surface area contributed by atoms with Gasteiger partial charge >= 0.3 is 12.0 Å². The molecule has 2 heterocycles. The Morgan fingerprint density at radius 2 is 2.12 bits per heavy atom. The number of aromatic nitrogens is 1. The van der Waals surface area contributed by atoms with Crippen LogP contribution in [0, 0.1) is 6.92 Å². The molecule has 1 aliphatic rings. The summed E-state index contributed by atoms with van der Waals surface area (Å²) in [5.74, 6) is -0.955. The molecule has 2 N–H and O–H groups in total. The Labute approximate surface area is 144 Å². The Morgan fingerprint density at radius 3 is 2.75 bits per heavy atom. The van der Waals surface area contributed by atoms with E-state index >= 15 is 0 Å². The molecular weight excluding hydrogens is 326 g/mol. The van der Waals surface area contributed by atoms with Crippen molar-refractivity contribution in [3.63, 3.8) is 0 Å². The van der Waals surface area contributed by atoms with Crippen LogP contribution in [0.15, 0.2) is 29.6 Å². The highest BCUT2D eigenvalue weighted by molar-refractivity contribution is 7.09. The van der Waals surface area contributed by atoms with Gasteiger partial charge in [0.05, 0.1) is 22.3 Å². The number of hydrogen-bond donors (Lipinski definition) is 2. The average molecular weight is 345 g/mol. The van der Waals surface area contributed by atoms with Crippen molar-refractivity contribution in [3.8, 4) is 0 Å². The maximum Gasteiger partial charge on any atom is 0.335 e. The number of nitrogens with zero attached hydrogens (tertiary/aromatic N) is 2. The van der Waals surface area contributed by atoms with Crippen molar-refractivity contribution in [2.75, 3.05) is 6.54 Å². The van der Waals surface area contributed by atoms with E-state index in [1.165, 1.54) is 0 Å². The average Bonchev–Trinajstić information content (AvgIpc) is 3.21. The zero-order chi connectivity index (χ0) is 17.1. The quantitative estimate of drug-likeness (QED) is 0.891. The second-order valence-electron chi connectivity index (χ2n) is 5.80. The van der Waals surface area contributed by atoms with Crippen molar-refractivity contribution in [2.45, 2.75) is 32.4 Å². The van der Waals surface area contributed by atoms with Gasteiger partial charge in [-0.3, -0.25) is 0 Å². The molecule has 7 heteroatoms. The summed E-state index contributed by atoms with van der Waals surface area (Å²) in [6.45, 7) is 3.07. The summed E-state index contributed by atoms with van der Waals surface area (Å²) >= 11 is 1.60. The van der Waals surface area contributed by atoms with Gasteiger partial charge in [0.25, 0.3) is 0 Å². The first kappa shape index (κ1) is 16.4. The zero-order valence-corrected chi connectivity index (χ0v) is 14.2. The molecule has 3 rings (SSSR count). The minimum Gasteiger partial charge on any atom is -0.478 e. The number of urea groups is 1. The van der Waals surface area contributed by atoms with Crippen molar-refractivity contribution in [2.24, 2.45) is 0 Å². The molecule has 1 saturated heterocycles. The number of benzene rings is 1. The first-order chi connectivity index (χ1) is 11.5. The topological polar surface area (TPSA) is 82.5 Å². The third kappa shape index (κ3) is 3.56. The van der Waals surface area contributed by atoms with Gasteiger partial charge in [0, 0.05) is 18.5 Å². The fraction of sp³-hybridized carbons (Fsp3) is 0.353. The normalized spacial score (nSPS) is 17.0. The van der Waals surface area contributed by atoms with Crippen molar-refractivity contribution < 1.29 is 14.7 Å². The summed E-state index contributed by atoms with van der Waals surface area (Å²) in [4.78, 5) is 29.7. The number of carboxylic acid groups (broad SMARTS) is 1. The number of rotatable bonds is 4. The molecule has 0 saturated carbocycles. The maximum absolute atomic E-state index is 12.5. The van der Waals surface area contributed by atoms with Crippen LogP contribution in [-0.4, -0.2) is 33.5 Å². The van der Waals surface area contributed by atoms with Crippen LogP contribution in [0.4, 0.5) is 4.79 Å². The van der Waals surface area contributed by atoms with Crippen LogP contribution >= 0.6 is 11.3 Å². The number of thiazole rings is 1. The number of aryl methyl sites for hydroxylation is 1. The van der Waals surface area contributed by atoms with Crippen molar-refractivity contribution in [3.05, 3.63) is 51.5 Å². The molecule has 0 spiro atoms. The molecule has 1 atom stereocenters. The van der Waals surface area contributed by atoms with Crippen LogP contribution in [0.2, 0.25) is 0 Å². The molecule has 1 aromatic carbocycles. The van der Waals surface area contributed by atoms with Gasteiger partial charge < -0.3 is 15.3 Å². The lowest BCUT2D eigenvalue weighted by Gasteiger charge is -2.23. The smallest absolute Gasteiger partial charge is 0.335 e. The van der Waals surface area contributed by atoms with Gasteiger partial charge in [-0.2, -0.15) is 0 Å². The van der Waals surface area contributed by atoms with E-state index in [1.807, 2.05) is 17.2 Å². The summed E-state index contributed by atoms with van der Waals surface area (Å²) in [6.07, 6.45) is 1.91. The molecule has 0 radical (unpaired) electrons. The number of carboxylic acids is 1. The van der Waals surface area contributed by atoms with Gasteiger partial charge in [-0.05, 0) is 37.5 Å². The molecule has 0 aliphatic carbocycles. The molecule has 2 aromatic rings. The number of nitrogens with one attached hydrogen (secondary N) is 1. The Bertz CT molecular complexity index is 742. The summed E-state index contributed by atoms with van der Waals surface area (Å²) in [5, 5.41) is 14.8. The lowest BCUT2D eigenvalue weighted by molar-refractivity contribution is 0.0697. The van der Waals surface area contributed by atoms with E-state index in [0.29, 0.717) is 6.54 Å². The number of carbonyl (C=O) groups excluding carboxylic acids is 1. The van der Waals surface area contributed by atoms with E-state index in [-0.39, 0.29) is 17.6 Å². The molecule has 126 valence electrons. The molecule has 1 unspecified atom stereocenters. The van der Waals surface area contributed by atoms with E-state index in [0.717, 1.165) is 35.7 Å². The Kier molecular flexibility index (Phi) is 4.80. The molecule has 0 bridgehead atoms. The summed E-state index contributed by atoms with van der Waals surface area (Å²) in [6, 6.07) is 6.46. The second kappa shape index (κ2) is 7.00. The number of amides is 2. The molecule has 1 fully saturated rings. The standard InChI is InChI=1S/C17H19N3O3S/c1-11-19-14(10-24-11)15-3-2-8-20(15)17(23)18-9-12-4-6-13(7-5-12)16(21)22/h4-7,10,15H,2-3,8-9H2,1H3,(H,18,23)(H,21,22). The highest BCUT2D eigenvalue weighted by Crippen LogP contribution is 2.32. The van der Waals surface area contributed by atoms with Crippen LogP contribution in [0.5, 0.6) is 0 Å². The fourth-order valence-corrected chi connectivity index (χ4v) is 3.55. The SMILES string of the molecule is Cc1nc(C2CCCN2C(=O)NCc2ccc(C(=O)O)cc2)cs1. The second-order valence-corrected chi connectivity index (χ2v) is 6.87. The predicted octanol–water partition coefficient (Wildman–Crippen LogP) is 3.20. The first-order valence-corrected chi connectivity index (χ1v) is 8.71. The van der Waals surface area contributed by atoms with Crippen molar-refractivity contribution in [1.82, 2.24) is 15.2 Å². The third-order valence-corrected chi connectivity index (χ3v) is 4.93. The van der Waals surface area contributed by atoms with E-state index in [2.05, 4.69) is 10.3 Å². The summed E-state index contributed by atoms with van der Waals surface area (Å²) in [7, 11) is 0. The van der Waals surface area contributed by atoms with Gasteiger partial charge in [0.1, 0.15) is 0 Å². The van der Waals surface area contributed by atoms with E-state index in [4.69, 9.17) is 5.11 Å². The maximum atomic E-state index is 12.5. The van der Waals surface area contributed by atoms with E-state index < -0.39 is 5.97 Å². The monoisotopic (exact) mass is 345 g/mol. The third-order valence-electron chi connectivity index (χ3n) is 4.14. The fourth-order valence-electron chi connectivity index (χ4n) is 2.89. The molecule has 6 nitrogen and oxygen atoms in total. The van der Waals surface area contributed by atoms with Gasteiger partial charge in [-0.25, -0.2) is 14.6 Å². The lowest BCUT2D eigenvalue weighted by atomic mass is 10.1. The highest BCUT2D eigenvalue weighted by atomic mass is 32.1. The number of hydrogen-bond acceptors (Lipinski definition) is 4. The lowest BCUT2D eigenvalue weighted by Crippen LogP contribution is -2.39. The van der Waals surface area contributed by atoms with Gasteiger partial charge in [0.2, 0.25) is 0 Å². The molecule has 2 amide bonds. The molecule has 1 aromatic heterocycles. The van der Waals surface area contributed by atoms with Crippen molar-refractivity contribution in [1.29, 1.82) is 0 Å². The van der Waals surface area contributed by atoms with Crippen molar-refractivity contribution >= 4 is 23.3 Å². The Balaban J connectivity index is 1.60. The van der Waals surface area contributed by atoms with Crippen LogP contribution < -0.4 is 5.32 Å². The molecular formula is C17H19N3O3S. The van der Waals surface area contributed by atoms with Gasteiger partial charge in [-0.1, -0.05) is 12.1 Å². The largest absolute Gasteiger partial charge is 0.478 e. The van der Waals surface area contributed by atoms with Crippen LogP contribution in [0.25, 0.3) is 0 Å². The predicted molar refractivity (Wildman–Crippen MR) is 91.2 cm³/mol. The summed E-state index contributed by atoms with van der Waals surface area (Å²) < 4.78 is 0. The molecule has 24 heavy (non-hydrogen) atoms. The minimum absolute atomic E-state index is 0.0457. The molecule has 1 aliphatic heterocycles. The summed E-state index contributed by atoms with van der Waals surface area (Å²) in [5.41, 5.74) is 2.08. The Hall–Kier alpha value is -2.41. The van der Waals surface area contributed by atoms with Crippen LogP contribution in [0.3, 0.4) is 0 Å². The number of carbonyl (C=O) groups is 2. The zero-order valence-electron chi connectivity index (χ0n) is 13.4. The van der Waals surface area contributed by atoms with Crippen LogP contribution in [0.1, 0.15) is 45.5 Å². The Morgan fingerprint density at radius 1 is 1.38 bits per heavy atom. The number of aromatic carboxylic acids is 1. The van der Waals surface area contributed by atoms with Gasteiger partial charge in [0.15, 0.2) is 0 Å². The highest BCUT2D eigenvalue weighted by Gasteiger charge is 2.31. The van der Waals surface area contributed by atoms with E-state index in [9.17, 15) is 9.59 Å². The van der Waals surface area contributed by atoms with Gasteiger partial charge in [-0.15, -0.1) is 11.3 Å². The number of likely N-dealkylation sites (tertiary alicyclic amines) is 1. The van der Waals surface area contributed by atoms with E-state index in [1.54, 1.807) is 35.6 Å². The van der Waals surface area contributed by atoms with Crippen LogP contribution in [-0.2, 0) is 6.54 Å². The minimum atomic E-state index is -0.955. The first-order valence-electron chi connectivity index (χ1n) is 7.83.